The summed E-state index contributed by atoms with van der Waals surface area (Å²) in [5.74, 6) is 0.927. The first-order chi connectivity index (χ1) is 8.40. The van der Waals surface area contributed by atoms with Crippen molar-refractivity contribution in [1.82, 2.24) is 25.2 Å². The van der Waals surface area contributed by atoms with E-state index in [2.05, 4.69) is 26.6 Å². The van der Waals surface area contributed by atoms with E-state index in [1.807, 2.05) is 12.3 Å². The van der Waals surface area contributed by atoms with Gasteiger partial charge in [0.2, 0.25) is 5.16 Å². The molecule has 0 spiro atoms. The zero-order valence-electron chi connectivity index (χ0n) is 9.36. The second-order valence-electron chi connectivity index (χ2n) is 3.43. The highest BCUT2D eigenvalue weighted by Gasteiger charge is 2.05. The Hall–Kier alpha value is -1.47. The van der Waals surface area contributed by atoms with Gasteiger partial charge in [0.05, 0.1) is 6.54 Å². The van der Waals surface area contributed by atoms with Crippen LogP contribution in [0.15, 0.2) is 29.7 Å². The van der Waals surface area contributed by atoms with E-state index in [9.17, 15) is 0 Å². The van der Waals surface area contributed by atoms with E-state index in [4.69, 9.17) is 5.73 Å². The van der Waals surface area contributed by atoms with E-state index in [0.29, 0.717) is 13.1 Å². The zero-order valence-corrected chi connectivity index (χ0v) is 10.2. The Bertz CT molecular complexity index is 443. The molecule has 0 amide bonds. The molecule has 0 aliphatic heterocycles. The van der Waals surface area contributed by atoms with Crippen molar-refractivity contribution in [2.45, 2.75) is 18.1 Å². The van der Waals surface area contributed by atoms with Gasteiger partial charge in [-0.2, -0.15) is 0 Å². The molecule has 0 unspecified atom stereocenters. The molecule has 2 N–H and O–H groups in total. The number of pyridine rings is 1. The van der Waals surface area contributed by atoms with E-state index in [1.165, 1.54) is 5.56 Å². The molecule has 0 fully saturated rings. The summed E-state index contributed by atoms with van der Waals surface area (Å²) in [6.45, 7) is 1.20. The molecule has 2 aromatic heterocycles. The number of hydrogen-bond acceptors (Lipinski definition) is 6. The fourth-order valence-corrected chi connectivity index (χ4v) is 2.26. The van der Waals surface area contributed by atoms with Gasteiger partial charge in [0.1, 0.15) is 0 Å². The maximum absolute atomic E-state index is 5.47. The van der Waals surface area contributed by atoms with Crippen LogP contribution in [0.2, 0.25) is 0 Å². The predicted octanol–water partition coefficient (Wildman–Crippen LogP) is 0.362. The molecule has 2 aromatic rings. The number of hydrogen-bond donors (Lipinski definition) is 1. The largest absolute Gasteiger partial charge is 0.329 e. The first-order valence-corrected chi connectivity index (χ1v) is 6.36. The van der Waals surface area contributed by atoms with Crippen LogP contribution in [-0.2, 0) is 13.0 Å². The molecule has 0 bridgehead atoms. The summed E-state index contributed by atoms with van der Waals surface area (Å²) in [4.78, 5) is 4.08. The Balaban J connectivity index is 1.84. The van der Waals surface area contributed by atoms with Crippen molar-refractivity contribution in [1.29, 1.82) is 0 Å². The molecule has 0 saturated carbocycles. The lowest BCUT2D eigenvalue weighted by molar-refractivity contribution is 0.557. The van der Waals surface area contributed by atoms with Gasteiger partial charge in [0, 0.05) is 24.7 Å². The Labute approximate surface area is 104 Å². The van der Waals surface area contributed by atoms with Crippen molar-refractivity contribution >= 4 is 11.8 Å². The average Bonchev–Trinajstić information content (AvgIpc) is 2.79. The van der Waals surface area contributed by atoms with E-state index in [1.54, 1.807) is 22.6 Å². The molecule has 0 atom stereocenters. The summed E-state index contributed by atoms with van der Waals surface area (Å²) in [6, 6.07) is 4.01. The van der Waals surface area contributed by atoms with Gasteiger partial charge < -0.3 is 5.73 Å². The Morgan fingerprint density at radius 2 is 2.35 bits per heavy atom. The maximum Gasteiger partial charge on any atom is 0.209 e. The molecule has 2 rings (SSSR count). The van der Waals surface area contributed by atoms with Crippen LogP contribution >= 0.6 is 11.8 Å². The summed E-state index contributed by atoms with van der Waals surface area (Å²) in [5, 5.41) is 12.3. The minimum atomic E-state index is 0.543. The third-order valence-electron chi connectivity index (χ3n) is 2.18. The summed E-state index contributed by atoms with van der Waals surface area (Å²) in [7, 11) is 0. The molecule has 17 heavy (non-hydrogen) atoms. The van der Waals surface area contributed by atoms with Gasteiger partial charge in [-0.05, 0) is 28.5 Å². The third kappa shape index (κ3) is 3.50. The van der Waals surface area contributed by atoms with Crippen LogP contribution in [-0.4, -0.2) is 37.5 Å². The van der Waals surface area contributed by atoms with Crippen LogP contribution in [0.3, 0.4) is 0 Å². The highest BCUT2D eigenvalue weighted by atomic mass is 32.2. The fourth-order valence-electron chi connectivity index (χ4n) is 1.37. The van der Waals surface area contributed by atoms with Crippen LogP contribution in [0, 0.1) is 0 Å². The highest BCUT2D eigenvalue weighted by molar-refractivity contribution is 7.99. The quantitative estimate of drug-likeness (QED) is 0.745. The van der Waals surface area contributed by atoms with Crippen molar-refractivity contribution in [2.24, 2.45) is 5.73 Å². The minimum absolute atomic E-state index is 0.543. The van der Waals surface area contributed by atoms with Crippen molar-refractivity contribution in [3.05, 3.63) is 30.1 Å². The number of thioether (sulfide) groups is 1. The number of aryl methyl sites for hydroxylation is 1. The van der Waals surface area contributed by atoms with E-state index < -0.39 is 0 Å². The van der Waals surface area contributed by atoms with E-state index in [0.717, 1.165) is 17.3 Å². The molecule has 0 aromatic carbocycles. The van der Waals surface area contributed by atoms with Crippen LogP contribution < -0.4 is 5.73 Å². The van der Waals surface area contributed by atoms with Gasteiger partial charge in [-0.3, -0.25) is 4.98 Å². The summed E-state index contributed by atoms with van der Waals surface area (Å²) in [6.07, 6.45) is 4.61. The van der Waals surface area contributed by atoms with Crippen LogP contribution in [0.4, 0.5) is 0 Å². The van der Waals surface area contributed by atoms with Gasteiger partial charge in [-0.25, -0.2) is 4.68 Å². The number of nitrogens with two attached hydrogens (primary N) is 1. The molecule has 7 heteroatoms. The first-order valence-electron chi connectivity index (χ1n) is 5.38. The van der Waals surface area contributed by atoms with E-state index in [-0.39, 0.29) is 0 Å². The molecule has 0 aliphatic carbocycles. The van der Waals surface area contributed by atoms with Crippen molar-refractivity contribution in [3.63, 3.8) is 0 Å². The SMILES string of the molecule is NCCn1nnnc1SCCc1cccnc1. The molecule has 6 nitrogen and oxygen atoms in total. The monoisotopic (exact) mass is 250 g/mol. The molecule has 2 heterocycles. The third-order valence-corrected chi connectivity index (χ3v) is 3.14. The lowest BCUT2D eigenvalue weighted by Crippen LogP contribution is -2.12. The fraction of sp³-hybridized carbons (Fsp3) is 0.400. The molecular formula is C10H14N6S. The van der Waals surface area contributed by atoms with E-state index >= 15 is 0 Å². The lowest BCUT2D eigenvalue weighted by Gasteiger charge is -2.02. The smallest absolute Gasteiger partial charge is 0.209 e. The minimum Gasteiger partial charge on any atom is -0.329 e. The number of aromatic nitrogens is 5. The van der Waals surface area contributed by atoms with Gasteiger partial charge in [-0.1, -0.05) is 17.8 Å². The topological polar surface area (TPSA) is 82.5 Å². The molecular weight excluding hydrogens is 236 g/mol. The summed E-state index contributed by atoms with van der Waals surface area (Å²) < 4.78 is 1.73. The predicted molar refractivity (Wildman–Crippen MR) is 65.5 cm³/mol. The van der Waals surface area contributed by atoms with Crippen molar-refractivity contribution < 1.29 is 0 Å². The number of rotatable bonds is 6. The Morgan fingerprint density at radius 1 is 1.41 bits per heavy atom. The van der Waals surface area contributed by atoms with Crippen LogP contribution in [0.5, 0.6) is 0 Å². The molecule has 90 valence electrons. The maximum atomic E-state index is 5.47. The standard InChI is InChI=1S/C10H14N6S/c11-4-6-16-10(13-14-15-16)17-7-3-9-2-1-5-12-8-9/h1-2,5,8H,3-4,6-7,11H2. The first kappa shape index (κ1) is 12.0. The van der Waals surface area contributed by atoms with Gasteiger partial charge >= 0.3 is 0 Å². The van der Waals surface area contributed by atoms with Gasteiger partial charge in [0.15, 0.2) is 0 Å². The lowest BCUT2D eigenvalue weighted by atomic mass is 10.2. The normalized spacial score (nSPS) is 10.6. The van der Waals surface area contributed by atoms with Crippen LogP contribution in [0.1, 0.15) is 5.56 Å². The average molecular weight is 250 g/mol. The zero-order chi connectivity index (χ0) is 11.9. The van der Waals surface area contributed by atoms with Gasteiger partial charge in [-0.15, -0.1) is 5.10 Å². The van der Waals surface area contributed by atoms with Crippen molar-refractivity contribution in [2.75, 3.05) is 12.3 Å². The van der Waals surface area contributed by atoms with Gasteiger partial charge in [0.25, 0.3) is 0 Å². The Morgan fingerprint density at radius 3 is 3.12 bits per heavy atom. The highest BCUT2D eigenvalue weighted by Crippen LogP contribution is 2.14. The second kappa shape index (κ2) is 6.31. The van der Waals surface area contributed by atoms with Crippen molar-refractivity contribution in [3.8, 4) is 0 Å². The molecule has 0 radical (unpaired) electrons. The molecule has 0 saturated heterocycles. The molecule has 0 aliphatic rings. The summed E-state index contributed by atoms with van der Waals surface area (Å²) in [5.41, 5.74) is 6.69. The number of tetrazole rings is 1. The Kier molecular flexibility index (Phi) is 4.45. The second-order valence-corrected chi connectivity index (χ2v) is 4.50. The van der Waals surface area contributed by atoms with Crippen LogP contribution in [0.25, 0.3) is 0 Å². The number of nitrogens with zero attached hydrogens (tertiary/aromatic N) is 5. The summed E-state index contributed by atoms with van der Waals surface area (Å²) >= 11 is 1.63.